The van der Waals surface area contributed by atoms with Crippen LogP contribution in [0.5, 0.6) is 0 Å². The van der Waals surface area contributed by atoms with E-state index in [0.29, 0.717) is 9.86 Å². The standard InChI is InChI=1S/C14H21ClN2S2/c1-10-11(15)6-5-7-12(10)17-13(18)16-8-9-19-14(2,3)4/h5-7H,8-9H2,1-4H3,(H2,16,17,18). The quantitative estimate of drug-likeness (QED) is 0.632. The van der Waals surface area contributed by atoms with Crippen LogP contribution in [0.15, 0.2) is 18.2 Å². The lowest BCUT2D eigenvalue weighted by molar-refractivity contribution is 0.800. The molecule has 0 bridgehead atoms. The van der Waals surface area contributed by atoms with Gasteiger partial charge in [-0.2, -0.15) is 11.8 Å². The average Bonchev–Trinajstić information content (AvgIpc) is 2.29. The van der Waals surface area contributed by atoms with Gasteiger partial charge in [0.15, 0.2) is 5.11 Å². The second kappa shape index (κ2) is 7.36. The minimum absolute atomic E-state index is 0.292. The van der Waals surface area contributed by atoms with Crippen LogP contribution in [-0.2, 0) is 0 Å². The number of thioether (sulfide) groups is 1. The number of hydrogen-bond acceptors (Lipinski definition) is 2. The van der Waals surface area contributed by atoms with Gasteiger partial charge in [-0.15, -0.1) is 0 Å². The first kappa shape index (κ1) is 16.6. The first-order valence-corrected chi connectivity index (χ1v) is 8.01. The van der Waals surface area contributed by atoms with Crippen molar-refractivity contribution in [3.05, 3.63) is 28.8 Å². The molecule has 0 aliphatic carbocycles. The lowest BCUT2D eigenvalue weighted by Crippen LogP contribution is -2.31. The van der Waals surface area contributed by atoms with Crippen molar-refractivity contribution in [2.75, 3.05) is 17.6 Å². The third-order valence-corrected chi connectivity index (χ3v) is 4.37. The van der Waals surface area contributed by atoms with E-state index in [1.165, 1.54) is 0 Å². The first-order chi connectivity index (χ1) is 8.79. The summed E-state index contributed by atoms with van der Waals surface area (Å²) in [5.74, 6) is 1.03. The number of nitrogens with one attached hydrogen (secondary N) is 2. The molecule has 0 saturated heterocycles. The molecule has 5 heteroatoms. The van der Waals surface area contributed by atoms with Crippen LogP contribution in [0.2, 0.25) is 5.02 Å². The number of anilines is 1. The van der Waals surface area contributed by atoms with E-state index in [1.807, 2.05) is 36.9 Å². The fourth-order valence-corrected chi connectivity index (χ4v) is 2.63. The van der Waals surface area contributed by atoms with E-state index in [-0.39, 0.29) is 0 Å². The molecule has 0 aromatic heterocycles. The Bertz CT molecular complexity index is 442. The van der Waals surface area contributed by atoms with E-state index in [0.717, 1.165) is 28.6 Å². The van der Waals surface area contributed by atoms with E-state index in [9.17, 15) is 0 Å². The highest BCUT2D eigenvalue weighted by molar-refractivity contribution is 8.00. The van der Waals surface area contributed by atoms with Gasteiger partial charge in [-0.05, 0) is 36.8 Å². The SMILES string of the molecule is Cc1c(Cl)cccc1NC(=S)NCCSC(C)(C)C. The van der Waals surface area contributed by atoms with Crippen LogP contribution >= 0.6 is 35.6 Å². The van der Waals surface area contributed by atoms with Gasteiger partial charge in [-0.3, -0.25) is 0 Å². The Kier molecular flexibility index (Phi) is 6.43. The summed E-state index contributed by atoms with van der Waals surface area (Å²) in [6.07, 6.45) is 0. The smallest absolute Gasteiger partial charge is 0.170 e. The Morgan fingerprint density at radius 3 is 2.68 bits per heavy atom. The maximum absolute atomic E-state index is 6.07. The normalized spacial score (nSPS) is 11.2. The molecule has 0 radical (unpaired) electrons. The first-order valence-electron chi connectivity index (χ1n) is 6.23. The third-order valence-electron chi connectivity index (χ3n) is 2.44. The van der Waals surface area contributed by atoms with E-state index in [2.05, 4.69) is 31.4 Å². The Hall–Kier alpha value is -0.450. The number of benzene rings is 1. The predicted octanol–water partition coefficient (Wildman–Crippen LogP) is 4.47. The zero-order valence-electron chi connectivity index (χ0n) is 11.8. The average molecular weight is 317 g/mol. The molecule has 0 amide bonds. The fraction of sp³-hybridized carbons (Fsp3) is 0.500. The molecule has 106 valence electrons. The van der Waals surface area contributed by atoms with Crippen LogP contribution in [0.25, 0.3) is 0 Å². The minimum Gasteiger partial charge on any atom is -0.362 e. The number of rotatable bonds is 4. The molecule has 0 unspecified atom stereocenters. The summed E-state index contributed by atoms with van der Waals surface area (Å²) >= 11 is 13.3. The molecule has 2 nitrogen and oxygen atoms in total. The van der Waals surface area contributed by atoms with Crippen molar-refractivity contribution in [2.24, 2.45) is 0 Å². The monoisotopic (exact) mass is 316 g/mol. The summed E-state index contributed by atoms with van der Waals surface area (Å²) in [5, 5.41) is 7.77. The molecule has 0 fully saturated rings. The molecular weight excluding hydrogens is 296 g/mol. The topological polar surface area (TPSA) is 24.1 Å². The van der Waals surface area contributed by atoms with Crippen molar-refractivity contribution in [2.45, 2.75) is 32.4 Å². The minimum atomic E-state index is 0.292. The molecule has 1 rings (SSSR count). The van der Waals surface area contributed by atoms with Gasteiger partial charge in [0.25, 0.3) is 0 Å². The van der Waals surface area contributed by atoms with Crippen molar-refractivity contribution in [3.8, 4) is 0 Å². The van der Waals surface area contributed by atoms with E-state index < -0.39 is 0 Å². The summed E-state index contributed by atoms with van der Waals surface area (Å²) < 4.78 is 0.292. The molecule has 2 N–H and O–H groups in total. The molecule has 0 heterocycles. The van der Waals surface area contributed by atoms with E-state index in [1.54, 1.807) is 0 Å². The van der Waals surface area contributed by atoms with Crippen molar-refractivity contribution in [3.63, 3.8) is 0 Å². The van der Waals surface area contributed by atoms with Crippen molar-refractivity contribution < 1.29 is 0 Å². The maximum atomic E-state index is 6.07. The van der Waals surface area contributed by atoms with Crippen LogP contribution in [0.3, 0.4) is 0 Å². The van der Waals surface area contributed by atoms with Gasteiger partial charge in [0.05, 0.1) is 0 Å². The molecular formula is C14H21ClN2S2. The Labute approximate surface area is 130 Å². The molecule has 1 aromatic rings. The molecule has 0 aliphatic heterocycles. The second-order valence-corrected chi connectivity index (χ2v) is 7.99. The van der Waals surface area contributed by atoms with Crippen LogP contribution in [0.4, 0.5) is 5.69 Å². The third kappa shape index (κ3) is 6.50. The molecule has 0 spiro atoms. The predicted molar refractivity (Wildman–Crippen MR) is 92.6 cm³/mol. The zero-order valence-corrected chi connectivity index (χ0v) is 14.2. The van der Waals surface area contributed by atoms with Crippen molar-refractivity contribution >= 4 is 46.4 Å². The zero-order chi connectivity index (χ0) is 14.5. The number of halogens is 1. The molecule has 19 heavy (non-hydrogen) atoms. The van der Waals surface area contributed by atoms with Gasteiger partial charge >= 0.3 is 0 Å². The van der Waals surface area contributed by atoms with Gasteiger partial charge in [0, 0.05) is 27.8 Å². The Morgan fingerprint density at radius 2 is 2.05 bits per heavy atom. The summed E-state index contributed by atoms with van der Waals surface area (Å²) in [5.41, 5.74) is 1.96. The van der Waals surface area contributed by atoms with Gasteiger partial charge < -0.3 is 10.6 Å². The van der Waals surface area contributed by atoms with Crippen molar-refractivity contribution in [1.82, 2.24) is 5.32 Å². The lowest BCUT2D eigenvalue weighted by atomic mass is 10.2. The molecule has 0 atom stereocenters. The molecule has 0 aliphatic rings. The summed E-state index contributed by atoms with van der Waals surface area (Å²) in [4.78, 5) is 0. The maximum Gasteiger partial charge on any atom is 0.170 e. The second-order valence-electron chi connectivity index (χ2n) is 5.25. The highest BCUT2D eigenvalue weighted by Gasteiger charge is 2.09. The van der Waals surface area contributed by atoms with Crippen LogP contribution < -0.4 is 10.6 Å². The van der Waals surface area contributed by atoms with Crippen LogP contribution in [0, 0.1) is 6.92 Å². The van der Waals surface area contributed by atoms with Gasteiger partial charge in [0.1, 0.15) is 0 Å². The van der Waals surface area contributed by atoms with Gasteiger partial charge in [-0.1, -0.05) is 38.4 Å². The highest BCUT2D eigenvalue weighted by Crippen LogP contribution is 2.23. The van der Waals surface area contributed by atoms with Crippen LogP contribution in [-0.4, -0.2) is 22.2 Å². The van der Waals surface area contributed by atoms with Gasteiger partial charge in [-0.25, -0.2) is 0 Å². The van der Waals surface area contributed by atoms with E-state index in [4.69, 9.17) is 23.8 Å². The van der Waals surface area contributed by atoms with E-state index >= 15 is 0 Å². The highest BCUT2D eigenvalue weighted by atomic mass is 35.5. The fourth-order valence-electron chi connectivity index (χ4n) is 1.43. The lowest BCUT2D eigenvalue weighted by Gasteiger charge is -2.18. The molecule has 1 aromatic carbocycles. The van der Waals surface area contributed by atoms with Gasteiger partial charge in [0.2, 0.25) is 0 Å². The number of thiocarbonyl (C=S) groups is 1. The number of hydrogen-bond donors (Lipinski definition) is 2. The Morgan fingerprint density at radius 1 is 1.37 bits per heavy atom. The largest absolute Gasteiger partial charge is 0.362 e. The summed E-state index contributed by atoms with van der Waals surface area (Å²) in [7, 11) is 0. The van der Waals surface area contributed by atoms with Crippen LogP contribution in [0.1, 0.15) is 26.3 Å². The summed E-state index contributed by atoms with van der Waals surface area (Å²) in [6, 6.07) is 5.76. The molecule has 0 saturated carbocycles. The Balaban J connectivity index is 2.38. The van der Waals surface area contributed by atoms with Crippen molar-refractivity contribution in [1.29, 1.82) is 0 Å². The summed E-state index contributed by atoms with van der Waals surface area (Å²) in [6.45, 7) is 9.47.